The third-order valence-electron chi connectivity index (χ3n) is 6.36. The lowest BCUT2D eigenvalue weighted by Crippen LogP contribution is -2.44. The first-order chi connectivity index (χ1) is 19.8. The molecule has 3 heterocycles. The van der Waals surface area contributed by atoms with Gasteiger partial charge in [0.2, 0.25) is 21.9 Å². The minimum atomic E-state index is -5.02. The molecule has 1 aliphatic rings. The van der Waals surface area contributed by atoms with Gasteiger partial charge in [-0.3, -0.25) is 4.72 Å². The first kappa shape index (κ1) is 29.8. The predicted molar refractivity (Wildman–Crippen MR) is 150 cm³/mol. The Morgan fingerprint density at radius 3 is 2.57 bits per heavy atom. The van der Waals surface area contributed by atoms with Crippen LogP contribution in [-0.2, 0) is 10.0 Å². The molecule has 1 fully saturated rings. The second kappa shape index (κ2) is 11.6. The number of sulfonamides is 1. The number of nitrogens with zero attached hydrogens (tertiary/aromatic N) is 3. The maximum atomic E-state index is 15.6. The molecule has 1 saturated heterocycles. The van der Waals surface area contributed by atoms with Gasteiger partial charge in [-0.2, -0.15) is 13.2 Å². The van der Waals surface area contributed by atoms with Crippen molar-refractivity contribution in [2.75, 3.05) is 28.9 Å². The number of hydrogen-bond acceptors (Lipinski definition) is 9. The summed E-state index contributed by atoms with van der Waals surface area (Å²) in [4.78, 5) is 13.7. The summed E-state index contributed by atoms with van der Waals surface area (Å²) in [5.74, 6) is -2.91. The molecule has 0 radical (unpaired) electrons. The van der Waals surface area contributed by atoms with Crippen LogP contribution in [0, 0.1) is 19.7 Å². The number of rotatable bonds is 8. The highest BCUT2D eigenvalue weighted by atomic mass is 32.2. The summed E-state index contributed by atoms with van der Waals surface area (Å²) in [5, 5.41) is 6.96. The van der Waals surface area contributed by atoms with E-state index in [-0.39, 0.29) is 46.5 Å². The number of aromatic nitrogens is 3. The molecule has 16 heteroatoms. The molecule has 2 atom stereocenters. The van der Waals surface area contributed by atoms with E-state index in [1.165, 1.54) is 42.7 Å². The van der Waals surface area contributed by atoms with E-state index < -0.39 is 39.6 Å². The standard InChI is InChI=1S/C26H25F5N6O3S2/c1-13-20(28)21(37-42(38,39)12-26(29,30)31)17-5-3-4-6-18(17)22(13)40-24-23(41-14(2)34-24)19-7-8-33-25(36-19)35-16-9-15(27)10-32-11-16/h3-8,15-16,32,37H,9-12H2,1-2H3,(H,33,35,36)/t15-,16-/m0/s1. The zero-order chi connectivity index (χ0) is 30.2. The molecule has 1 aliphatic heterocycles. The Morgan fingerprint density at radius 1 is 1.12 bits per heavy atom. The van der Waals surface area contributed by atoms with Gasteiger partial charge in [0.1, 0.15) is 16.8 Å². The van der Waals surface area contributed by atoms with E-state index >= 15 is 4.39 Å². The predicted octanol–water partition coefficient (Wildman–Crippen LogP) is 5.72. The summed E-state index contributed by atoms with van der Waals surface area (Å²) in [5.41, 5.74) is -0.327. The third kappa shape index (κ3) is 6.71. The number of benzene rings is 2. The normalized spacial score (nSPS) is 17.8. The number of anilines is 2. The fourth-order valence-corrected chi connectivity index (χ4v) is 6.45. The molecular weight excluding hydrogens is 603 g/mol. The number of alkyl halides is 4. The Kier molecular flexibility index (Phi) is 8.22. The van der Waals surface area contributed by atoms with Crippen molar-refractivity contribution in [1.29, 1.82) is 0 Å². The average molecular weight is 629 g/mol. The number of halogens is 5. The number of hydrogen-bond donors (Lipinski definition) is 3. The van der Waals surface area contributed by atoms with Crippen LogP contribution in [0.4, 0.5) is 33.6 Å². The monoisotopic (exact) mass is 628 g/mol. The number of thiazole rings is 1. The molecule has 9 nitrogen and oxygen atoms in total. The first-order valence-electron chi connectivity index (χ1n) is 12.7. The Hall–Kier alpha value is -3.63. The molecule has 4 aromatic rings. The van der Waals surface area contributed by atoms with Crippen LogP contribution in [0.5, 0.6) is 11.6 Å². The van der Waals surface area contributed by atoms with Crippen molar-refractivity contribution >= 4 is 43.8 Å². The minimum absolute atomic E-state index is 0.00286. The van der Waals surface area contributed by atoms with E-state index in [2.05, 4.69) is 25.6 Å². The summed E-state index contributed by atoms with van der Waals surface area (Å²) < 4.78 is 100. The van der Waals surface area contributed by atoms with Crippen LogP contribution in [-0.4, -0.2) is 60.6 Å². The van der Waals surface area contributed by atoms with Gasteiger partial charge in [-0.15, -0.1) is 11.3 Å². The Bertz CT molecular complexity index is 1730. The zero-order valence-electron chi connectivity index (χ0n) is 22.2. The molecule has 3 N–H and O–H groups in total. The number of piperidine rings is 1. The van der Waals surface area contributed by atoms with E-state index in [1.807, 2.05) is 0 Å². The molecule has 42 heavy (non-hydrogen) atoms. The lowest BCUT2D eigenvalue weighted by molar-refractivity contribution is -0.106. The smallest absolute Gasteiger partial charge is 0.404 e. The Balaban J connectivity index is 1.50. The molecule has 224 valence electrons. The molecule has 5 rings (SSSR count). The Morgan fingerprint density at radius 2 is 1.86 bits per heavy atom. The van der Waals surface area contributed by atoms with Crippen LogP contribution >= 0.6 is 11.3 Å². The van der Waals surface area contributed by atoms with Crippen molar-refractivity contribution in [3.8, 4) is 22.2 Å². The number of nitrogens with one attached hydrogen (secondary N) is 3. The van der Waals surface area contributed by atoms with Crippen LogP contribution in [0.1, 0.15) is 17.0 Å². The minimum Gasteiger partial charge on any atom is -0.436 e. The molecule has 0 aliphatic carbocycles. The van der Waals surface area contributed by atoms with Crippen molar-refractivity contribution in [3.05, 3.63) is 52.9 Å². The maximum Gasteiger partial charge on any atom is 0.404 e. The van der Waals surface area contributed by atoms with Gasteiger partial charge in [0, 0.05) is 48.1 Å². The number of ether oxygens (including phenoxy) is 1. The number of aryl methyl sites for hydroxylation is 1. The van der Waals surface area contributed by atoms with Gasteiger partial charge >= 0.3 is 6.18 Å². The van der Waals surface area contributed by atoms with Gasteiger partial charge in [0.15, 0.2) is 11.6 Å². The Labute approximate surface area is 241 Å². The van der Waals surface area contributed by atoms with E-state index in [0.717, 1.165) is 0 Å². The second-order valence-corrected chi connectivity index (χ2v) is 12.7. The summed E-state index contributed by atoms with van der Waals surface area (Å²) in [6.45, 7) is 3.89. The molecule has 0 spiro atoms. The fraction of sp³-hybridized carbons (Fsp3) is 0.346. The summed E-state index contributed by atoms with van der Waals surface area (Å²) in [6, 6.07) is 7.40. The van der Waals surface area contributed by atoms with Crippen molar-refractivity contribution in [3.63, 3.8) is 0 Å². The van der Waals surface area contributed by atoms with Crippen molar-refractivity contribution in [1.82, 2.24) is 20.3 Å². The highest BCUT2D eigenvalue weighted by Gasteiger charge is 2.36. The maximum absolute atomic E-state index is 15.6. The molecule has 0 amide bonds. The fourth-order valence-electron chi connectivity index (χ4n) is 4.62. The summed E-state index contributed by atoms with van der Waals surface area (Å²) >= 11 is 1.26. The molecule has 2 aromatic carbocycles. The molecule has 2 aromatic heterocycles. The van der Waals surface area contributed by atoms with Gasteiger partial charge in [0.25, 0.3) is 0 Å². The molecule has 0 saturated carbocycles. The summed E-state index contributed by atoms with van der Waals surface area (Å²) in [6.07, 6.45) is -4.19. The van der Waals surface area contributed by atoms with Gasteiger partial charge in [-0.1, -0.05) is 24.3 Å². The lowest BCUT2D eigenvalue weighted by atomic mass is 10.0. The topological polar surface area (TPSA) is 118 Å². The third-order valence-corrected chi connectivity index (χ3v) is 8.56. The van der Waals surface area contributed by atoms with Crippen molar-refractivity contribution in [2.24, 2.45) is 0 Å². The molecule has 0 unspecified atom stereocenters. The second-order valence-electron chi connectivity index (χ2n) is 9.73. The SMILES string of the molecule is Cc1nc(Oc2c(C)c(F)c(NS(=O)(=O)CC(F)(F)F)c3ccccc23)c(-c2ccnc(N[C@@H]3CNC[C@@H](F)C3)n2)s1. The molecule has 0 bridgehead atoms. The van der Waals surface area contributed by atoms with Crippen molar-refractivity contribution < 1.29 is 35.1 Å². The van der Waals surface area contributed by atoms with Gasteiger partial charge in [-0.05, 0) is 19.9 Å². The van der Waals surface area contributed by atoms with Gasteiger partial charge < -0.3 is 15.4 Å². The average Bonchev–Trinajstić information content (AvgIpc) is 3.28. The van der Waals surface area contributed by atoms with Crippen LogP contribution in [0.15, 0.2) is 36.5 Å². The lowest BCUT2D eigenvalue weighted by Gasteiger charge is -2.26. The zero-order valence-corrected chi connectivity index (χ0v) is 23.9. The first-order valence-corrected chi connectivity index (χ1v) is 15.1. The largest absolute Gasteiger partial charge is 0.436 e. The van der Waals surface area contributed by atoms with E-state index in [9.17, 15) is 26.0 Å². The van der Waals surface area contributed by atoms with Gasteiger partial charge in [0.05, 0.1) is 16.4 Å². The quantitative estimate of drug-likeness (QED) is 0.212. The van der Waals surface area contributed by atoms with Crippen LogP contribution in [0.2, 0.25) is 0 Å². The van der Waals surface area contributed by atoms with E-state index in [4.69, 9.17) is 4.74 Å². The van der Waals surface area contributed by atoms with Crippen LogP contribution in [0.25, 0.3) is 21.3 Å². The highest BCUT2D eigenvalue weighted by Crippen LogP contribution is 2.44. The van der Waals surface area contributed by atoms with Crippen LogP contribution in [0.3, 0.4) is 0 Å². The van der Waals surface area contributed by atoms with E-state index in [1.54, 1.807) is 23.8 Å². The van der Waals surface area contributed by atoms with Crippen LogP contribution < -0.4 is 20.1 Å². The highest BCUT2D eigenvalue weighted by molar-refractivity contribution is 7.92. The van der Waals surface area contributed by atoms with Crippen molar-refractivity contribution in [2.45, 2.75) is 38.7 Å². The van der Waals surface area contributed by atoms with Gasteiger partial charge in [-0.25, -0.2) is 32.2 Å². The molecular formula is C26H25F5N6O3S2. The van der Waals surface area contributed by atoms with E-state index in [0.29, 0.717) is 28.5 Å². The summed E-state index contributed by atoms with van der Waals surface area (Å²) in [7, 11) is -4.96. The number of fused-ring (bicyclic) bond motifs is 1.